The van der Waals surface area contributed by atoms with Crippen molar-refractivity contribution < 1.29 is 0 Å². The van der Waals surface area contributed by atoms with Gasteiger partial charge in [-0.05, 0) is 75.2 Å². The quantitative estimate of drug-likeness (QED) is 0.196. The molecule has 1 aliphatic rings. The van der Waals surface area contributed by atoms with Crippen LogP contribution in [0, 0.1) is 0 Å². The zero-order valence-corrected chi connectivity index (χ0v) is 26.1. The van der Waals surface area contributed by atoms with Gasteiger partial charge in [-0.1, -0.05) is 129 Å². The number of fused-ring (bicyclic) bond motifs is 8. The molecule has 0 saturated heterocycles. The first-order chi connectivity index (χ1) is 22.1. The average molecular weight is 594 g/mol. The van der Waals surface area contributed by atoms with Crippen LogP contribution < -0.4 is 4.90 Å². The molecule has 0 radical (unpaired) electrons. The highest BCUT2D eigenvalue weighted by molar-refractivity contribution is 7.25. The highest BCUT2D eigenvalue weighted by Crippen LogP contribution is 2.53. The number of thiophene rings is 1. The molecule has 214 valence electrons. The van der Waals surface area contributed by atoms with Gasteiger partial charge in [0.05, 0.1) is 5.69 Å². The van der Waals surface area contributed by atoms with Gasteiger partial charge in [-0.25, -0.2) is 0 Å². The van der Waals surface area contributed by atoms with Crippen LogP contribution in [0.3, 0.4) is 0 Å². The van der Waals surface area contributed by atoms with Crippen molar-refractivity contribution in [3.63, 3.8) is 0 Å². The summed E-state index contributed by atoms with van der Waals surface area (Å²) in [5, 5.41) is 5.20. The third kappa shape index (κ3) is 3.99. The van der Waals surface area contributed by atoms with Gasteiger partial charge in [0.15, 0.2) is 0 Å². The standard InChI is InChI=1S/C43H31NS/c1-43(2)37-16-8-6-14-36(37)42-35-15-10-17-39(32(35)25-26-38(42)43)44(30-21-19-29(20-22-30)28-11-4-3-5-12-28)31-23-24-34-33-13-7-9-18-40(33)45-41(34)27-31/h3-27H,1-2H3. The van der Waals surface area contributed by atoms with Gasteiger partial charge in [-0.3, -0.25) is 0 Å². The van der Waals surface area contributed by atoms with E-state index in [1.54, 1.807) is 0 Å². The van der Waals surface area contributed by atoms with Gasteiger partial charge in [0, 0.05) is 42.3 Å². The van der Waals surface area contributed by atoms with Gasteiger partial charge in [0.25, 0.3) is 0 Å². The smallest absolute Gasteiger partial charge is 0.0540 e. The Bertz CT molecular complexity index is 2400. The van der Waals surface area contributed by atoms with Gasteiger partial charge in [0.2, 0.25) is 0 Å². The second-order valence-corrected chi connectivity index (χ2v) is 13.6. The Balaban J connectivity index is 1.28. The lowest BCUT2D eigenvalue weighted by Crippen LogP contribution is -2.15. The second kappa shape index (κ2) is 9.92. The summed E-state index contributed by atoms with van der Waals surface area (Å²) in [6, 6.07) is 55.8. The Kier molecular flexibility index (Phi) is 5.78. The minimum Gasteiger partial charge on any atom is -0.310 e. The summed E-state index contributed by atoms with van der Waals surface area (Å²) in [4.78, 5) is 2.44. The maximum Gasteiger partial charge on any atom is 0.0540 e. The van der Waals surface area contributed by atoms with E-state index in [2.05, 4.69) is 170 Å². The second-order valence-electron chi connectivity index (χ2n) is 12.6. The molecule has 0 fully saturated rings. The maximum atomic E-state index is 2.44. The third-order valence-electron chi connectivity index (χ3n) is 9.68. The summed E-state index contributed by atoms with van der Waals surface area (Å²) in [5.74, 6) is 0. The van der Waals surface area contributed by atoms with Crippen molar-refractivity contribution in [2.45, 2.75) is 19.3 Å². The van der Waals surface area contributed by atoms with E-state index in [1.165, 1.54) is 70.0 Å². The third-order valence-corrected chi connectivity index (χ3v) is 10.8. The van der Waals surface area contributed by atoms with E-state index >= 15 is 0 Å². The van der Waals surface area contributed by atoms with E-state index in [-0.39, 0.29) is 5.41 Å². The van der Waals surface area contributed by atoms with Crippen LogP contribution >= 0.6 is 11.3 Å². The van der Waals surface area contributed by atoms with Crippen LogP contribution in [0.5, 0.6) is 0 Å². The lowest BCUT2D eigenvalue weighted by Gasteiger charge is -2.28. The molecule has 0 saturated carbocycles. The fourth-order valence-electron chi connectivity index (χ4n) is 7.45. The molecule has 0 aliphatic heterocycles. The highest BCUT2D eigenvalue weighted by atomic mass is 32.1. The largest absolute Gasteiger partial charge is 0.310 e. The Hall–Kier alpha value is -5.18. The summed E-state index contributed by atoms with van der Waals surface area (Å²) in [6.07, 6.45) is 0. The zero-order valence-electron chi connectivity index (χ0n) is 25.3. The minimum absolute atomic E-state index is 0.0324. The van der Waals surface area contributed by atoms with Crippen molar-refractivity contribution in [1.82, 2.24) is 0 Å². The van der Waals surface area contributed by atoms with E-state index in [9.17, 15) is 0 Å². The first-order valence-corrected chi connectivity index (χ1v) is 16.4. The molecule has 1 nitrogen and oxygen atoms in total. The molecule has 0 amide bonds. The molecule has 0 spiro atoms. The lowest BCUT2D eigenvalue weighted by atomic mass is 9.82. The Labute approximate surface area is 267 Å². The van der Waals surface area contributed by atoms with Gasteiger partial charge < -0.3 is 4.90 Å². The fraction of sp³-hybridized carbons (Fsp3) is 0.0698. The van der Waals surface area contributed by atoms with Crippen LogP contribution in [0.4, 0.5) is 17.1 Å². The molecule has 1 aliphatic carbocycles. The predicted octanol–water partition coefficient (Wildman–Crippen LogP) is 12.7. The maximum absolute atomic E-state index is 2.44. The molecule has 0 N–H and O–H groups in total. The Morgan fingerprint density at radius 3 is 2.00 bits per heavy atom. The number of hydrogen-bond donors (Lipinski definition) is 0. The first kappa shape index (κ1) is 26.2. The van der Waals surface area contributed by atoms with Crippen molar-refractivity contribution in [2.24, 2.45) is 0 Å². The van der Waals surface area contributed by atoms with Gasteiger partial charge in [-0.15, -0.1) is 11.3 Å². The van der Waals surface area contributed by atoms with E-state index < -0.39 is 0 Å². The van der Waals surface area contributed by atoms with Crippen LogP contribution in [-0.2, 0) is 5.41 Å². The molecule has 8 aromatic rings. The molecule has 0 atom stereocenters. The SMILES string of the molecule is CC1(C)c2ccccc2-c2c1ccc1c(N(c3ccc(-c4ccccc4)cc3)c3ccc4c(c3)sc3ccccc34)cccc21. The molecule has 2 heteroatoms. The topological polar surface area (TPSA) is 3.24 Å². The molecule has 0 bridgehead atoms. The van der Waals surface area contributed by atoms with E-state index in [0.29, 0.717) is 0 Å². The zero-order chi connectivity index (χ0) is 30.1. The minimum atomic E-state index is -0.0324. The lowest BCUT2D eigenvalue weighted by molar-refractivity contribution is 0.661. The first-order valence-electron chi connectivity index (χ1n) is 15.6. The van der Waals surface area contributed by atoms with Crippen molar-refractivity contribution in [3.05, 3.63) is 163 Å². The number of hydrogen-bond acceptors (Lipinski definition) is 2. The Morgan fingerprint density at radius 2 is 1.13 bits per heavy atom. The molecule has 9 rings (SSSR count). The summed E-state index contributed by atoms with van der Waals surface area (Å²) in [6.45, 7) is 4.71. The monoisotopic (exact) mass is 593 g/mol. The molecule has 1 heterocycles. The van der Waals surface area contributed by atoms with Crippen molar-refractivity contribution in [3.8, 4) is 22.3 Å². The highest BCUT2D eigenvalue weighted by Gasteiger charge is 2.36. The number of rotatable bonds is 4. The van der Waals surface area contributed by atoms with Gasteiger partial charge in [-0.2, -0.15) is 0 Å². The summed E-state index contributed by atoms with van der Waals surface area (Å²) < 4.78 is 2.63. The van der Waals surface area contributed by atoms with Crippen LogP contribution in [0.2, 0.25) is 0 Å². The number of anilines is 3. The summed E-state index contributed by atoms with van der Waals surface area (Å²) >= 11 is 1.87. The summed E-state index contributed by atoms with van der Waals surface area (Å²) in [7, 11) is 0. The van der Waals surface area contributed by atoms with Crippen LogP contribution in [0.25, 0.3) is 53.2 Å². The molecular weight excluding hydrogens is 563 g/mol. The molecule has 45 heavy (non-hydrogen) atoms. The van der Waals surface area contributed by atoms with Crippen molar-refractivity contribution in [1.29, 1.82) is 0 Å². The average Bonchev–Trinajstić information content (AvgIpc) is 3.57. The Morgan fingerprint density at radius 1 is 0.467 bits per heavy atom. The van der Waals surface area contributed by atoms with Crippen LogP contribution in [-0.4, -0.2) is 0 Å². The van der Waals surface area contributed by atoms with E-state index in [1.807, 2.05) is 11.3 Å². The van der Waals surface area contributed by atoms with Crippen molar-refractivity contribution >= 4 is 59.3 Å². The molecule has 7 aromatic carbocycles. The predicted molar refractivity (Wildman–Crippen MR) is 195 cm³/mol. The molecular formula is C43H31NS. The van der Waals surface area contributed by atoms with Crippen molar-refractivity contribution in [2.75, 3.05) is 4.90 Å². The van der Waals surface area contributed by atoms with E-state index in [4.69, 9.17) is 0 Å². The number of nitrogens with zero attached hydrogens (tertiary/aromatic N) is 1. The fourth-order valence-corrected chi connectivity index (χ4v) is 8.59. The van der Waals surface area contributed by atoms with Crippen LogP contribution in [0.1, 0.15) is 25.0 Å². The molecule has 0 unspecified atom stereocenters. The van der Waals surface area contributed by atoms with Crippen LogP contribution in [0.15, 0.2) is 152 Å². The van der Waals surface area contributed by atoms with E-state index in [0.717, 1.165) is 11.4 Å². The van der Waals surface area contributed by atoms with Gasteiger partial charge >= 0.3 is 0 Å². The van der Waals surface area contributed by atoms with Gasteiger partial charge in [0.1, 0.15) is 0 Å². The number of benzene rings is 7. The summed E-state index contributed by atoms with van der Waals surface area (Å²) in [5.41, 5.74) is 11.4. The normalized spacial score (nSPS) is 13.3. The molecule has 1 aromatic heterocycles.